The molecule has 4 aromatic rings. The minimum Gasteiger partial charge on any atom is -0.465 e. The van der Waals surface area contributed by atoms with Gasteiger partial charge in [0.1, 0.15) is 6.54 Å². The molecule has 0 saturated heterocycles. The van der Waals surface area contributed by atoms with E-state index >= 15 is 0 Å². The number of nitrogens with one attached hydrogen (secondary N) is 3. The Kier molecular flexibility index (Phi) is 6.36. The molecule has 0 aliphatic rings. The molecule has 0 bridgehead atoms. The number of hydrogen-bond donors (Lipinski definition) is 3. The first kappa shape index (κ1) is 21.6. The summed E-state index contributed by atoms with van der Waals surface area (Å²) in [5.41, 5.74) is 3.02. The number of aromatic nitrogens is 1. The second-order valence-electron chi connectivity index (χ2n) is 7.25. The van der Waals surface area contributed by atoms with Crippen LogP contribution in [-0.2, 0) is 16.1 Å². The summed E-state index contributed by atoms with van der Waals surface area (Å²) >= 11 is 0. The van der Waals surface area contributed by atoms with Crippen LogP contribution in [0.15, 0.2) is 85.1 Å². The Morgan fingerprint density at radius 3 is 2.00 bits per heavy atom. The number of ether oxygens (including phenoxy) is 1. The zero-order chi connectivity index (χ0) is 23.2. The molecule has 0 fully saturated rings. The highest BCUT2D eigenvalue weighted by atomic mass is 16.5. The largest absolute Gasteiger partial charge is 0.465 e. The Bertz CT molecular complexity index is 1300. The molecule has 166 valence electrons. The van der Waals surface area contributed by atoms with Crippen molar-refractivity contribution in [2.24, 2.45) is 0 Å². The third-order valence-corrected chi connectivity index (χ3v) is 4.97. The Labute approximate surface area is 190 Å². The van der Waals surface area contributed by atoms with Crippen LogP contribution in [0.4, 0.5) is 21.9 Å². The van der Waals surface area contributed by atoms with Crippen molar-refractivity contribution in [2.75, 3.05) is 23.1 Å². The number of amides is 3. The van der Waals surface area contributed by atoms with Crippen LogP contribution in [0.25, 0.3) is 10.9 Å². The number of methoxy groups -OCH3 is 1. The van der Waals surface area contributed by atoms with Crippen LogP contribution in [0, 0.1) is 0 Å². The van der Waals surface area contributed by atoms with Gasteiger partial charge in [-0.25, -0.2) is 9.59 Å². The highest BCUT2D eigenvalue weighted by molar-refractivity contribution is 6.05. The summed E-state index contributed by atoms with van der Waals surface area (Å²) in [5, 5.41) is 9.02. The van der Waals surface area contributed by atoms with Crippen molar-refractivity contribution in [3.05, 3.63) is 90.6 Å². The molecule has 0 aliphatic carbocycles. The van der Waals surface area contributed by atoms with Crippen LogP contribution in [0.1, 0.15) is 10.4 Å². The molecule has 3 amide bonds. The van der Waals surface area contributed by atoms with E-state index in [1.54, 1.807) is 47.2 Å². The Morgan fingerprint density at radius 1 is 0.758 bits per heavy atom. The van der Waals surface area contributed by atoms with Crippen molar-refractivity contribution in [3.63, 3.8) is 0 Å². The SMILES string of the molecule is COC(=O)c1cn(CC(=O)Nc2ccc(NC(=O)Nc3ccccc3)cc2)c2ccccc12. The van der Waals surface area contributed by atoms with Gasteiger partial charge in [-0.3, -0.25) is 4.79 Å². The van der Waals surface area contributed by atoms with Gasteiger partial charge in [-0.15, -0.1) is 0 Å². The van der Waals surface area contributed by atoms with Gasteiger partial charge in [0.05, 0.1) is 12.7 Å². The number of rotatable bonds is 6. The summed E-state index contributed by atoms with van der Waals surface area (Å²) in [6, 6.07) is 22.9. The Hall–Kier alpha value is -4.59. The number of para-hydroxylation sites is 2. The standard InChI is InChI=1S/C25H22N4O4/c1-33-24(31)21-15-29(22-10-6-5-9-20(21)22)16-23(30)26-18-11-13-19(14-12-18)28-25(32)27-17-7-3-2-4-8-17/h2-15H,16H2,1H3,(H,26,30)(H2,27,28,32). The summed E-state index contributed by atoms with van der Waals surface area (Å²) in [7, 11) is 1.32. The maximum absolute atomic E-state index is 12.6. The van der Waals surface area contributed by atoms with Gasteiger partial charge in [0.15, 0.2) is 0 Å². The number of anilines is 3. The Morgan fingerprint density at radius 2 is 1.33 bits per heavy atom. The maximum Gasteiger partial charge on any atom is 0.340 e. The highest BCUT2D eigenvalue weighted by Crippen LogP contribution is 2.22. The van der Waals surface area contributed by atoms with Crippen LogP contribution in [0.5, 0.6) is 0 Å². The van der Waals surface area contributed by atoms with E-state index in [1.807, 2.05) is 42.5 Å². The number of benzene rings is 3. The molecule has 1 aromatic heterocycles. The fraction of sp³-hybridized carbons (Fsp3) is 0.0800. The van der Waals surface area contributed by atoms with Crippen molar-refractivity contribution in [1.29, 1.82) is 0 Å². The molecule has 0 radical (unpaired) electrons. The predicted octanol–water partition coefficient (Wildman–Crippen LogP) is 4.71. The first-order valence-corrected chi connectivity index (χ1v) is 10.2. The predicted molar refractivity (Wildman–Crippen MR) is 127 cm³/mol. The highest BCUT2D eigenvalue weighted by Gasteiger charge is 2.16. The van der Waals surface area contributed by atoms with E-state index in [1.165, 1.54) is 7.11 Å². The zero-order valence-corrected chi connectivity index (χ0v) is 17.9. The van der Waals surface area contributed by atoms with Gasteiger partial charge in [0.2, 0.25) is 5.91 Å². The lowest BCUT2D eigenvalue weighted by Gasteiger charge is -2.10. The van der Waals surface area contributed by atoms with Crippen molar-refractivity contribution in [1.82, 2.24) is 4.57 Å². The molecule has 33 heavy (non-hydrogen) atoms. The molecule has 0 spiro atoms. The van der Waals surface area contributed by atoms with Crippen LogP contribution in [0.2, 0.25) is 0 Å². The average molecular weight is 442 g/mol. The molecule has 8 heteroatoms. The number of fused-ring (bicyclic) bond motifs is 1. The number of hydrogen-bond acceptors (Lipinski definition) is 4. The van der Waals surface area contributed by atoms with E-state index in [4.69, 9.17) is 4.74 Å². The first-order chi connectivity index (χ1) is 16.0. The molecular formula is C25H22N4O4. The van der Waals surface area contributed by atoms with Crippen molar-refractivity contribution in [2.45, 2.75) is 6.54 Å². The second kappa shape index (κ2) is 9.69. The van der Waals surface area contributed by atoms with Crippen LogP contribution in [0.3, 0.4) is 0 Å². The van der Waals surface area contributed by atoms with Gasteiger partial charge in [-0.05, 0) is 42.5 Å². The van der Waals surface area contributed by atoms with E-state index in [2.05, 4.69) is 16.0 Å². The zero-order valence-electron chi connectivity index (χ0n) is 17.9. The monoisotopic (exact) mass is 442 g/mol. The molecular weight excluding hydrogens is 420 g/mol. The molecule has 0 unspecified atom stereocenters. The number of nitrogens with zero attached hydrogens (tertiary/aromatic N) is 1. The van der Waals surface area contributed by atoms with Gasteiger partial charge >= 0.3 is 12.0 Å². The molecule has 0 atom stereocenters. The fourth-order valence-electron chi connectivity index (χ4n) is 3.46. The Balaban J connectivity index is 1.38. The topological polar surface area (TPSA) is 101 Å². The summed E-state index contributed by atoms with van der Waals surface area (Å²) in [6.07, 6.45) is 1.62. The van der Waals surface area contributed by atoms with Crippen LogP contribution >= 0.6 is 0 Å². The molecule has 3 aromatic carbocycles. The summed E-state index contributed by atoms with van der Waals surface area (Å²) in [6.45, 7) is 0.0248. The van der Waals surface area contributed by atoms with Gasteiger partial charge in [0, 0.05) is 34.2 Å². The third kappa shape index (κ3) is 5.19. The number of carbonyl (C=O) groups excluding carboxylic acids is 3. The van der Waals surface area contributed by atoms with Gasteiger partial charge in [-0.2, -0.15) is 0 Å². The molecule has 1 heterocycles. The smallest absolute Gasteiger partial charge is 0.340 e. The van der Waals surface area contributed by atoms with Gasteiger partial charge in [0.25, 0.3) is 0 Å². The average Bonchev–Trinajstić information content (AvgIpc) is 3.19. The maximum atomic E-state index is 12.6. The lowest BCUT2D eigenvalue weighted by molar-refractivity contribution is -0.116. The van der Waals surface area contributed by atoms with E-state index in [0.29, 0.717) is 22.6 Å². The molecule has 0 saturated carbocycles. The molecule has 0 aliphatic heterocycles. The van der Waals surface area contributed by atoms with Crippen molar-refractivity contribution in [3.8, 4) is 0 Å². The number of carbonyl (C=O) groups is 3. The number of urea groups is 1. The van der Waals surface area contributed by atoms with Crippen LogP contribution < -0.4 is 16.0 Å². The van der Waals surface area contributed by atoms with Gasteiger partial charge < -0.3 is 25.3 Å². The number of esters is 1. The normalized spacial score (nSPS) is 10.5. The van der Waals surface area contributed by atoms with E-state index < -0.39 is 5.97 Å². The lowest BCUT2D eigenvalue weighted by Crippen LogP contribution is -2.20. The minimum absolute atomic E-state index is 0.0248. The molecule has 8 nitrogen and oxygen atoms in total. The molecule has 3 N–H and O–H groups in total. The van der Waals surface area contributed by atoms with Gasteiger partial charge in [-0.1, -0.05) is 36.4 Å². The summed E-state index contributed by atoms with van der Waals surface area (Å²) in [5.74, 6) is -0.709. The summed E-state index contributed by atoms with van der Waals surface area (Å²) in [4.78, 5) is 36.8. The fourth-order valence-corrected chi connectivity index (χ4v) is 3.46. The van der Waals surface area contributed by atoms with E-state index in [9.17, 15) is 14.4 Å². The first-order valence-electron chi connectivity index (χ1n) is 10.2. The second-order valence-corrected chi connectivity index (χ2v) is 7.25. The quantitative estimate of drug-likeness (QED) is 0.376. The van der Waals surface area contributed by atoms with E-state index in [-0.39, 0.29) is 18.5 Å². The summed E-state index contributed by atoms with van der Waals surface area (Å²) < 4.78 is 6.55. The minimum atomic E-state index is -0.454. The van der Waals surface area contributed by atoms with Crippen molar-refractivity contribution >= 4 is 45.9 Å². The van der Waals surface area contributed by atoms with Crippen molar-refractivity contribution < 1.29 is 19.1 Å². The van der Waals surface area contributed by atoms with Crippen LogP contribution in [-0.4, -0.2) is 29.6 Å². The lowest BCUT2D eigenvalue weighted by atomic mass is 10.2. The molecule has 4 rings (SSSR count). The third-order valence-electron chi connectivity index (χ3n) is 4.97. The van der Waals surface area contributed by atoms with E-state index in [0.717, 1.165) is 10.9 Å².